The van der Waals surface area contributed by atoms with Gasteiger partial charge in [-0.2, -0.15) is 0 Å². The van der Waals surface area contributed by atoms with Gasteiger partial charge in [0.15, 0.2) is 12.4 Å². The normalized spacial score (nSPS) is 13.4. The van der Waals surface area contributed by atoms with Gasteiger partial charge in [-0.1, -0.05) is 247 Å². The number of nitrogens with zero attached hydrogens (tertiary/aromatic N) is 1. The molecule has 0 radical (unpaired) electrons. The quantitative estimate of drug-likeness (QED) is 0.0195. The molecule has 0 aromatic carbocycles. The van der Waals surface area contributed by atoms with Crippen molar-refractivity contribution in [3.63, 3.8) is 0 Å². The van der Waals surface area contributed by atoms with Gasteiger partial charge in [0.25, 0.3) is 0 Å². The van der Waals surface area contributed by atoms with Gasteiger partial charge in [-0.25, -0.2) is 0 Å². The molecule has 0 saturated heterocycles. The number of carboxylic acids is 1. The van der Waals surface area contributed by atoms with Crippen LogP contribution in [0, 0.1) is 0 Å². The van der Waals surface area contributed by atoms with E-state index in [0.29, 0.717) is 17.4 Å². The number of carbonyl (C=O) groups excluding carboxylic acids is 3. The zero-order valence-electron chi connectivity index (χ0n) is 47.7. The maximum absolute atomic E-state index is 12.9. The highest BCUT2D eigenvalue weighted by atomic mass is 16.7. The first kappa shape index (κ1) is 69.5. The van der Waals surface area contributed by atoms with Crippen molar-refractivity contribution < 1.29 is 42.9 Å². The van der Waals surface area contributed by atoms with E-state index in [0.717, 1.165) is 83.5 Å². The van der Waals surface area contributed by atoms with Crippen molar-refractivity contribution in [1.29, 1.82) is 0 Å². The summed E-state index contributed by atoms with van der Waals surface area (Å²) in [6, 6.07) is 0. The molecule has 0 heterocycles. The number of aliphatic carboxylic acids is 1. The third-order valence-corrected chi connectivity index (χ3v) is 12.7. The van der Waals surface area contributed by atoms with Crippen LogP contribution in [0.2, 0.25) is 0 Å². The largest absolute Gasteiger partial charge is 0.545 e. The second-order valence-corrected chi connectivity index (χ2v) is 20.9. The van der Waals surface area contributed by atoms with Gasteiger partial charge in [-0.05, 0) is 70.6 Å². The van der Waals surface area contributed by atoms with E-state index in [4.69, 9.17) is 18.9 Å². The molecule has 2 unspecified atom stereocenters. The summed E-state index contributed by atoms with van der Waals surface area (Å²) in [6.07, 6.45) is 69.2. The molecule has 0 aliphatic carbocycles. The lowest BCUT2D eigenvalue weighted by Gasteiger charge is -2.26. The molecule has 9 nitrogen and oxygen atoms in total. The number of hydrogen-bond acceptors (Lipinski definition) is 8. The van der Waals surface area contributed by atoms with Crippen LogP contribution >= 0.6 is 0 Å². The summed E-state index contributed by atoms with van der Waals surface area (Å²) in [7, 11) is 5.91. The fourth-order valence-corrected chi connectivity index (χ4v) is 8.11. The fraction of sp³-hybridized carbons (Fsp3) is 0.734. The number of carbonyl (C=O) groups is 3. The molecule has 9 heteroatoms. The van der Waals surface area contributed by atoms with Crippen molar-refractivity contribution in [1.82, 2.24) is 0 Å². The molecule has 420 valence electrons. The topological polar surface area (TPSA) is 111 Å². The second kappa shape index (κ2) is 54.7. The predicted molar refractivity (Wildman–Crippen MR) is 306 cm³/mol. The molecule has 0 aromatic heterocycles. The number of quaternary nitrogens is 1. The number of hydrogen-bond donors (Lipinski definition) is 0. The van der Waals surface area contributed by atoms with Gasteiger partial charge in [0.05, 0.1) is 40.3 Å². The summed E-state index contributed by atoms with van der Waals surface area (Å²) in [5.74, 6) is -2.33. The van der Waals surface area contributed by atoms with Crippen LogP contribution in [0.15, 0.2) is 85.1 Å². The Hall–Kier alpha value is -3.53. The van der Waals surface area contributed by atoms with Gasteiger partial charge in [0.2, 0.25) is 0 Å². The average molecular weight is 1020 g/mol. The van der Waals surface area contributed by atoms with Crippen molar-refractivity contribution >= 4 is 17.9 Å². The van der Waals surface area contributed by atoms with Gasteiger partial charge in [0, 0.05) is 12.8 Å². The average Bonchev–Trinajstić information content (AvgIpc) is 3.36. The highest BCUT2D eigenvalue weighted by molar-refractivity contribution is 5.70. The SMILES string of the molecule is CC/C=C\C/C=C\C/C=C\C/C=C\C/C=C\C/C=C\C/C=C\CCCCCC(=O)OC(COC(=O)CCCCCCCCCCCCCCCCCCCCCCCCC)COC(OCC[N+](C)(C)C)C(=O)[O-]. The minimum absolute atomic E-state index is 0.138. The Balaban J connectivity index is 4.31. The molecule has 0 aliphatic heterocycles. The van der Waals surface area contributed by atoms with E-state index in [-0.39, 0.29) is 38.6 Å². The lowest BCUT2D eigenvalue weighted by molar-refractivity contribution is -0.870. The smallest absolute Gasteiger partial charge is 0.306 e. The first-order valence-corrected chi connectivity index (χ1v) is 29.7. The minimum Gasteiger partial charge on any atom is -0.545 e. The van der Waals surface area contributed by atoms with E-state index in [2.05, 4.69) is 98.9 Å². The summed E-state index contributed by atoms with van der Waals surface area (Å²) in [6.45, 7) is 4.61. The van der Waals surface area contributed by atoms with Crippen LogP contribution in [0.4, 0.5) is 0 Å². The van der Waals surface area contributed by atoms with Crippen LogP contribution in [0.3, 0.4) is 0 Å². The van der Waals surface area contributed by atoms with E-state index >= 15 is 0 Å². The summed E-state index contributed by atoms with van der Waals surface area (Å²) in [4.78, 5) is 37.3. The first-order valence-electron chi connectivity index (χ1n) is 29.7. The number of allylic oxidation sites excluding steroid dienone is 14. The van der Waals surface area contributed by atoms with Gasteiger partial charge >= 0.3 is 11.9 Å². The second-order valence-electron chi connectivity index (χ2n) is 20.9. The predicted octanol–water partition coefficient (Wildman–Crippen LogP) is 16.2. The van der Waals surface area contributed by atoms with Crippen molar-refractivity contribution in [2.24, 2.45) is 0 Å². The molecule has 0 bridgehead atoms. The van der Waals surface area contributed by atoms with Crippen LogP contribution in [-0.2, 0) is 33.3 Å². The summed E-state index contributed by atoms with van der Waals surface area (Å²) >= 11 is 0. The summed E-state index contributed by atoms with van der Waals surface area (Å²) in [5.41, 5.74) is 0. The zero-order chi connectivity index (χ0) is 53.4. The van der Waals surface area contributed by atoms with Gasteiger partial charge in [-0.15, -0.1) is 0 Å². The Morgan fingerprint density at radius 2 is 0.781 bits per heavy atom. The number of esters is 2. The molecule has 0 aromatic rings. The van der Waals surface area contributed by atoms with E-state index in [1.165, 1.54) is 128 Å². The summed E-state index contributed by atoms with van der Waals surface area (Å²) in [5, 5.41) is 11.8. The van der Waals surface area contributed by atoms with E-state index in [1.54, 1.807) is 0 Å². The van der Waals surface area contributed by atoms with Gasteiger partial charge in [0.1, 0.15) is 13.2 Å². The lowest BCUT2D eigenvalue weighted by Crippen LogP contribution is -2.44. The van der Waals surface area contributed by atoms with Crippen LogP contribution < -0.4 is 5.11 Å². The maximum Gasteiger partial charge on any atom is 0.306 e. The van der Waals surface area contributed by atoms with E-state index in [1.807, 2.05) is 21.1 Å². The number of unbranched alkanes of at least 4 members (excludes halogenated alkanes) is 25. The monoisotopic (exact) mass is 1020 g/mol. The molecule has 73 heavy (non-hydrogen) atoms. The molecule has 0 fully saturated rings. The Morgan fingerprint density at radius 3 is 1.16 bits per heavy atom. The molecular weight excluding hydrogens is 911 g/mol. The third kappa shape index (κ3) is 56.0. The highest BCUT2D eigenvalue weighted by Gasteiger charge is 2.22. The molecule has 0 rings (SSSR count). The Labute approximate surface area is 449 Å². The first-order chi connectivity index (χ1) is 35.6. The Kier molecular flexibility index (Phi) is 52.1. The molecule has 2 atom stereocenters. The van der Waals surface area contributed by atoms with E-state index in [9.17, 15) is 19.5 Å². The summed E-state index contributed by atoms with van der Waals surface area (Å²) < 4.78 is 22.7. The van der Waals surface area contributed by atoms with Crippen molar-refractivity contribution in [2.45, 2.75) is 257 Å². The number of rotatable bonds is 54. The van der Waals surface area contributed by atoms with Crippen molar-refractivity contribution in [3.8, 4) is 0 Å². The van der Waals surface area contributed by atoms with E-state index < -0.39 is 24.3 Å². The van der Waals surface area contributed by atoms with Gasteiger partial charge < -0.3 is 33.3 Å². The molecule has 0 saturated carbocycles. The minimum atomic E-state index is -1.63. The number of likely N-dealkylation sites (N-methyl/N-ethyl adjacent to an activating group) is 1. The zero-order valence-corrected chi connectivity index (χ0v) is 47.7. The van der Waals surface area contributed by atoms with Crippen LogP contribution in [0.25, 0.3) is 0 Å². The molecule has 0 amide bonds. The third-order valence-electron chi connectivity index (χ3n) is 12.7. The highest BCUT2D eigenvalue weighted by Crippen LogP contribution is 2.16. The molecule has 0 aliphatic rings. The van der Waals surface area contributed by atoms with Crippen LogP contribution in [0.5, 0.6) is 0 Å². The number of ether oxygens (including phenoxy) is 4. The van der Waals surface area contributed by atoms with Crippen molar-refractivity contribution in [3.05, 3.63) is 85.1 Å². The Morgan fingerprint density at radius 1 is 0.425 bits per heavy atom. The van der Waals surface area contributed by atoms with Crippen LogP contribution in [0.1, 0.15) is 245 Å². The maximum atomic E-state index is 12.9. The number of carboxylic acid groups (broad SMARTS) is 1. The molecule has 0 spiro atoms. The molecular formula is C64H111NO8. The van der Waals surface area contributed by atoms with Gasteiger partial charge in [-0.3, -0.25) is 9.59 Å². The standard InChI is InChI=1S/C64H111NO8/c1-6-8-10-12-14-16-18-20-22-24-26-28-30-31-33-35-37-39-41-43-45-47-49-51-53-55-62(67)73-60(59-72-64(63(68)69)70-57-56-65(3,4)5)58-71-61(66)54-52-50-48-46-44-42-40-38-36-34-32-29-27-25-23-21-19-17-15-13-11-9-7-2/h8,10,14,16,20,22,26,28,31,33,37,39,43,45,60,64H,6-7,9,11-13,15,17-19,21,23-25,27,29-30,32,34-36,38,40-42,44,46-59H2,1-5H3/b10-8-,16-14-,22-20-,28-26-,33-31-,39-37-,45-43-. The van der Waals surface area contributed by atoms with Crippen molar-refractivity contribution in [2.75, 3.05) is 47.5 Å². The lowest BCUT2D eigenvalue weighted by atomic mass is 10.0. The molecule has 0 N–H and O–H groups in total. The van der Waals surface area contributed by atoms with Crippen LogP contribution in [-0.4, -0.2) is 82.3 Å². The fourth-order valence-electron chi connectivity index (χ4n) is 8.11. The Bertz CT molecular complexity index is 1470.